The Morgan fingerprint density at radius 2 is 1.85 bits per heavy atom. The molecule has 4 fully saturated rings. The molecule has 4 saturated carbocycles. The van der Waals surface area contributed by atoms with Gasteiger partial charge in [0.25, 0.3) is 0 Å². The van der Waals surface area contributed by atoms with Crippen LogP contribution in [0.4, 0.5) is 0 Å². The van der Waals surface area contributed by atoms with Crippen LogP contribution < -0.4 is 5.73 Å². The molecule has 0 aliphatic heterocycles. The van der Waals surface area contributed by atoms with Gasteiger partial charge in [0.05, 0.1) is 17.9 Å². The molecule has 1 aromatic heterocycles. The van der Waals surface area contributed by atoms with E-state index in [4.69, 9.17) is 5.73 Å². The van der Waals surface area contributed by atoms with Gasteiger partial charge in [0, 0.05) is 7.05 Å². The summed E-state index contributed by atoms with van der Waals surface area (Å²) < 4.78 is 1.87. The molecule has 4 bridgehead atoms. The Hall–Kier alpha value is -0.900. The topological polar surface area (TPSA) is 56.7 Å². The van der Waals surface area contributed by atoms with Gasteiger partial charge in [-0.15, -0.1) is 5.10 Å². The molecule has 110 valence electrons. The van der Waals surface area contributed by atoms with Crippen molar-refractivity contribution in [2.45, 2.75) is 58.4 Å². The van der Waals surface area contributed by atoms with Crippen LogP contribution >= 0.6 is 0 Å². The maximum atomic E-state index is 6.76. The van der Waals surface area contributed by atoms with Gasteiger partial charge in [-0.05, 0) is 60.7 Å². The summed E-state index contributed by atoms with van der Waals surface area (Å²) in [5.74, 6) is 0.883. The van der Waals surface area contributed by atoms with Crippen molar-refractivity contribution in [1.29, 1.82) is 0 Å². The van der Waals surface area contributed by atoms with E-state index in [1.807, 2.05) is 17.9 Å². The molecule has 5 rings (SSSR count). The second-order valence-corrected chi connectivity index (χ2v) is 8.75. The molecule has 4 aliphatic rings. The highest BCUT2D eigenvalue weighted by atomic mass is 15.4. The maximum Gasteiger partial charge on any atom is 0.0756 e. The maximum absolute atomic E-state index is 6.76. The molecule has 2 N–H and O–H groups in total. The molecule has 0 saturated heterocycles. The number of hydrogen-bond acceptors (Lipinski definition) is 3. The average Bonchev–Trinajstić information content (AvgIpc) is 2.69. The fourth-order valence-electron chi connectivity index (χ4n) is 6.78. The third-order valence-electron chi connectivity index (χ3n) is 6.40. The molecule has 3 unspecified atom stereocenters. The van der Waals surface area contributed by atoms with Crippen LogP contribution in [0.2, 0.25) is 0 Å². The Bertz CT molecular complexity index is 530. The molecule has 4 aliphatic carbocycles. The predicted molar refractivity (Wildman–Crippen MR) is 77.8 cm³/mol. The summed E-state index contributed by atoms with van der Waals surface area (Å²) in [5.41, 5.74) is 9.17. The van der Waals surface area contributed by atoms with Crippen LogP contribution in [0.3, 0.4) is 0 Å². The molecule has 20 heavy (non-hydrogen) atoms. The summed E-state index contributed by atoms with van der Waals surface area (Å²) in [6, 6.07) is 0.0875. The van der Waals surface area contributed by atoms with Gasteiger partial charge >= 0.3 is 0 Å². The Morgan fingerprint density at radius 1 is 1.20 bits per heavy atom. The zero-order chi connectivity index (χ0) is 14.2. The van der Waals surface area contributed by atoms with Crippen molar-refractivity contribution in [3.63, 3.8) is 0 Å². The standard InChI is InChI=1S/C16H26N4/c1-14-4-11-5-15(2,8-14)10-16(6-11,9-14)13(17)12-7-18-19-20(12)3/h7,11,13H,4-6,8-10,17H2,1-3H3. The molecule has 1 heterocycles. The third-order valence-corrected chi connectivity index (χ3v) is 6.40. The first kappa shape index (κ1) is 12.8. The van der Waals surface area contributed by atoms with Crippen molar-refractivity contribution in [3.8, 4) is 0 Å². The lowest BCUT2D eigenvalue weighted by Crippen LogP contribution is -2.58. The van der Waals surface area contributed by atoms with Gasteiger partial charge in [0.2, 0.25) is 0 Å². The van der Waals surface area contributed by atoms with Gasteiger partial charge in [-0.1, -0.05) is 19.1 Å². The van der Waals surface area contributed by atoms with Crippen LogP contribution in [0.5, 0.6) is 0 Å². The number of aryl methyl sites for hydroxylation is 1. The van der Waals surface area contributed by atoms with Crippen LogP contribution in [0, 0.1) is 22.2 Å². The van der Waals surface area contributed by atoms with Crippen molar-refractivity contribution in [1.82, 2.24) is 15.0 Å². The summed E-state index contributed by atoms with van der Waals surface area (Å²) >= 11 is 0. The summed E-state index contributed by atoms with van der Waals surface area (Å²) in [4.78, 5) is 0. The highest BCUT2D eigenvalue weighted by Crippen LogP contribution is 2.71. The van der Waals surface area contributed by atoms with Crippen molar-refractivity contribution in [2.75, 3.05) is 0 Å². The van der Waals surface area contributed by atoms with Crippen molar-refractivity contribution in [2.24, 2.45) is 34.9 Å². The molecule has 0 aromatic carbocycles. The van der Waals surface area contributed by atoms with E-state index in [-0.39, 0.29) is 11.5 Å². The molecule has 0 amide bonds. The highest BCUT2D eigenvalue weighted by molar-refractivity contribution is 5.17. The Balaban J connectivity index is 1.75. The van der Waals surface area contributed by atoms with Gasteiger partial charge in [-0.3, -0.25) is 4.68 Å². The first-order valence-corrected chi connectivity index (χ1v) is 7.94. The first-order valence-electron chi connectivity index (χ1n) is 7.94. The molecule has 0 spiro atoms. The molecule has 4 heteroatoms. The van der Waals surface area contributed by atoms with E-state index in [2.05, 4.69) is 24.2 Å². The third kappa shape index (κ3) is 1.63. The summed E-state index contributed by atoms with van der Waals surface area (Å²) in [5, 5.41) is 8.12. The Morgan fingerprint density at radius 3 is 2.35 bits per heavy atom. The van der Waals surface area contributed by atoms with Crippen LogP contribution in [0.15, 0.2) is 6.20 Å². The number of nitrogens with zero attached hydrogens (tertiary/aromatic N) is 3. The molecule has 1 aromatic rings. The molecule has 4 nitrogen and oxygen atoms in total. The normalized spacial score (nSPS) is 47.7. The van der Waals surface area contributed by atoms with E-state index in [1.165, 1.54) is 38.5 Å². The summed E-state index contributed by atoms with van der Waals surface area (Å²) in [7, 11) is 1.96. The summed E-state index contributed by atoms with van der Waals surface area (Å²) in [6.07, 6.45) is 9.99. The zero-order valence-corrected chi connectivity index (χ0v) is 12.9. The number of aromatic nitrogens is 3. The first-order chi connectivity index (χ1) is 9.33. The highest BCUT2D eigenvalue weighted by Gasteiger charge is 2.62. The largest absolute Gasteiger partial charge is 0.322 e. The van der Waals surface area contributed by atoms with Crippen molar-refractivity contribution in [3.05, 3.63) is 11.9 Å². The van der Waals surface area contributed by atoms with Crippen LogP contribution in [0.1, 0.15) is 64.1 Å². The quantitative estimate of drug-likeness (QED) is 0.902. The van der Waals surface area contributed by atoms with E-state index in [0.717, 1.165) is 11.6 Å². The van der Waals surface area contributed by atoms with Gasteiger partial charge in [-0.2, -0.15) is 0 Å². The minimum absolute atomic E-state index is 0.0875. The van der Waals surface area contributed by atoms with Gasteiger partial charge in [-0.25, -0.2) is 0 Å². The lowest BCUT2D eigenvalue weighted by molar-refractivity contribution is -0.155. The minimum atomic E-state index is 0.0875. The molecule has 3 atom stereocenters. The lowest BCUT2D eigenvalue weighted by Gasteiger charge is -2.66. The van der Waals surface area contributed by atoms with E-state index in [0.29, 0.717) is 10.8 Å². The van der Waals surface area contributed by atoms with Crippen molar-refractivity contribution >= 4 is 0 Å². The smallest absolute Gasteiger partial charge is 0.0756 e. The van der Waals surface area contributed by atoms with E-state index in [9.17, 15) is 0 Å². The van der Waals surface area contributed by atoms with Gasteiger partial charge < -0.3 is 5.73 Å². The number of hydrogen-bond donors (Lipinski definition) is 1. The monoisotopic (exact) mass is 274 g/mol. The number of nitrogens with two attached hydrogens (primary N) is 1. The van der Waals surface area contributed by atoms with Crippen LogP contribution in [0.25, 0.3) is 0 Å². The Kier molecular flexibility index (Phi) is 2.34. The molecular formula is C16H26N4. The van der Waals surface area contributed by atoms with Crippen LogP contribution in [-0.4, -0.2) is 15.0 Å². The van der Waals surface area contributed by atoms with E-state index in [1.54, 1.807) is 0 Å². The fraction of sp³-hybridized carbons (Fsp3) is 0.875. The Labute approximate surface area is 121 Å². The summed E-state index contributed by atoms with van der Waals surface area (Å²) in [6.45, 7) is 5.00. The van der Waals surface area contributed by atoms with Gasteiger partial charge in [0.1, 0.15) is 0 Å². The average molecular weight is 274 g/mol. The molecular weight excluding hydrogens is 248 g/mol. The predicted octanol–water partition coefficient (Wildman–Crippen LogP) is 2.81. The second kappa shape index (κ2) is 3.65. The zero-order valence-electron chi connectivity index (χ0n) is 12.9. The fourth-order valence-corrected chi connectivity index (χ4v) is 6.78. The van der Waals surface area contributed by atoms with Crippen LogP contribution in [-0.2, 0) is 7.05 Å². The minimum Gasteiger partial charge on any atom is -0.322 e. The second-order valence-electron chi connectivity index (χ2n) is 8.75. The van der Waals surface area contributed by atoms with Crippen molar-refractivity contribution < 1.29 is 0 Å². The number of rotatable bonds is 2. The van der Waals surface area contributed by atoms with E-state index < -0.39 is 0 Å². The lowest BCUT2D eigenvalue weighted by atomic mass is 9.39. The SMILES string of the molecule is Cn1nncc1C(N)C12CC3CC(C)(CC(C)(C3)C1)C2. The van der Waals surface area contributed by atoms with E-state index >= 15 is 0 Å². The van der Waals surface area contributed by atoms with Gasteiger partial charge in [0.15, 0.2) is 0 Å². The molecule has 0 radical (unpaired) electrons.